The van der Waals surface area contributed by atoms with Crippen molar-refractivity contribution >= 4 is 63.1 Å². The van der Waals surface area contributed by atoms with E-state index in [4.69, 9.17) is 24.2 Å². The van der Waals surface area contributed by atoms with Crippen LogP contribution in [-0.4, -0.2) is 117 Å². The van der Waals surface area contributed by atoms with Crippen LogP contribution in [0.4, 0.5) is 9.93 Å². The van der Waals surface area contributed by atoms with E-state index in [1.165, 1.54) is 16.2 Å². The molecular formula is C45H57N7O10S. The number of carbonyl (C=O) groups is 6. The summed E-state index contributed by atoms with van der Waals surface area (Å²) < 4.78 is 18.0. The lowest BCUT2D eigenvalue weighted by atomic mass is 9.88. The third kappa shape index (κ3) is 10.1. The number of anilines is 1. The lowest BCUT2D eigenvalue weighted by Crippen LogP contribution is -2.57. The van der Waals surface area contributed by atoms with E-state index in [1.807, 2.05) is 37.4 Å². The summed E-state index contributed by atoms with van der Waals surface area (Å²) in [6.45, 7) is 9.34. The molecule has 4 N–H and O–H groups in total. The molecule has 2 aromatic heterocycles. The Balaban J connectivity index is 1.20. The maximum atomic E-state index is 14.9. The van der Waals surface area contributed by atoms with Crippen LogP contribution >= 0.6 is 11.3 Å². The number of ether oxygens (including phenoxy) is 3. The van der Waals surface area contributed by atoms with Gasteiger partial charge in [0.25, 0.3) is 5.91 Å². The van der Waals surface area contributed by atoms with Crippen molar-refractivity contribution < 1.29 is 48.1 Å². The summed E-state index contributed by atoms with van der Waals surface area (Å²) in [6.07, 6.45) is 4.44. The fourth-order valence-electron chi connectivity index (χ4n) is 8.47. The van der Waals surface area contributed by atoms with Crippen molar-refractivity contribution in [3.63, 3.8) is 0 Å². The maximum absolute atomic E-state index is 14.9. The van der Waals surface area contributed by atoms with Gasteiger partial charge in [-0.05, 0) is 58.1 Å². The minimum Gasteiger partial charge on any atom is -0.497 e. The Morgan fingerprint density at radius 1 is 1.05 bits per heavy atom. The zero-order valence-electron chi connectivity index (χ0n) is 36.6. The van der Waals surface area contributed by atoms with Gasteiger partial charge < -0.3 is 40.2 Å². The van der Waals surface area contributed by atoms with Gasteiger partial charge in [0.1, 0.15) is 40.9 Å². The van der Waals surface area contributed by atoms with Crippen molar-refractivity contribution in [2.24, 2.45) is 11.3 Å². The van der Waals surface area contributed by atoms with Gasteiger partial charge in [-0.3, -0.25) is 24.1 Å². The molecule has 1 aliphatic carbocycles. The molecule has 338 valence electrons. The van der Waals surface area contributed by atoms with Crippen LogP contribution in [0.15, 0.2) is 41.8 Å². The second kappa shape index (κ2) is 18.5. The molecule has 0 bridgehead atoms. The molecule has 3 fully saturated rings. The molecule has 1 aromatic carbocycles. The normalized spacial score (nSPS) is 24.8. The summed E-state index contributed by atoms with van der Waals surface area (Å²) in [5.41, 5.74) is -0.716. The average Bonchev–Trinajstić information content (AvgIpc) is 3.58. The van der Waals surface area contributed by atoms with Gasteiger partial charge in [0.05, 0.1) is 24.9 Å². The number of allylic oxidation sites excluding steroid dienone is 1. The lowest BCUT2D eigenvalue weighted by molar-refractivity contribution is -0.152. The molecule has 0 radical (unpaired) electrons. The van der Waals surface area contributed by atoms with Crippen molar-refractivity contribution in [1.29, 1.82) is 0 Å². The molecule has 6 atom stereocenters. The fourth-order valence-corrected chi connectivity index (χ4v) is 9.32. The summed E-state index contributed by atoms with van der Waals surface area (Å²) in [6, 6.07) is 4.95. The minimum absolute atomic E-state index is 0.00384. The number of nitrogens with one attached hydrogen (secondary N) is 3. The standard InChI is InChI=1S/C45H57N7O10S/c1-25(2)46-42-48-33(24-63-42)32-21-35(29-17-16-27(60-6)19-31(29)47-32)61-28-20-34-38(54)50-45(41(57)58)22-26(45)13-10-8-7-9-11-14-30(39(55)52(34)23-28)49-43(59)62-37(44(3,4)5)40(56)51-18-12-15-36(51)53/h10,13,16-17,19,21,24-26,28,30,34,37H,7-9,11-12,14-15,18,20,22-23H2,1-6H3,(H,46,48)(H,49,59)(H,50,54)(H,57,58)/t26?,28-,30+,34+,37-,45-/m1/s1. The fraction of sp³-hybridized carbons (Fsp3) is 0.556. The molecule has 63 heavy (non-hydrogen) atoms. The van der Waals surface area contributed by atoms with Crippen LogP contribution in [0.5, 0.6) is 11.5 Å². The largest absolute Gasteiger partial charge is 0.497 e. The number of rotatable bonds is 10. The average molecular weight is 888 g/mol. The number of nitrogens with zero attached hydrogens (tertiary/aromatic N) is 4. The number of alkyl carbamates (subject to hydrolysis) is 1. The Morgan fingerprint density at radius 2 is 1.84 bits per heavy atom. The number of carboxylic acids is 1. The number of carboxylic acid groups (broad SMARTS) is 1. The molecule has 5 amide bonds. The molecule has 1 saturated carbocycles. The van der Waals surface area contributed by atoms with E-state index in [9.17, 15) is 33.9 Å². The molecule has 7 rings (SSSR count). The number of pyridine rings is 1. The molecule has 2 saturated heterocycles. The number of carbonyl (C=O) groups excluding carboxylic acids is 5. The molecule has 0 spiro atoms. The first-order valence-electron chi connectivity index (χ1n) is 21.7. The van der Waals surface area contributed by atoms with E-state index in [1.54, 1.807) is 46.1 Å². The van der Waals surface area contributed by atoms with E-state index in [0.29, 0.717) is 59.5 Å². The number of aliphatic carboxylic acids is 1. The molecule has 5 heterocycles. The van der Waals surface area contributed by atoms with Crippen molar-refractivity contribution in [2.45, 2.75) is 128 Å². The Kier molecular flexibility index (Phi) is 13.3. The molecule has 3 aromatic rings. The van der Waals surface area contributed by atoms with Crippen LogP contribution < -0.4 is 25.4 Å². The summed E-state index contributed by atoms with van der Waals surface area (Å²) in [5.74, 6) is -2.80. The zero-order chi connectivity index (χ0) is 45.2. The van der Waals surface area contributed by atoms with Crippen LogP contribution in [-0.2, 0) is 28.7 Å². The Hall–Kier alpha value is -5.78. The van der Waals surface area contributed by atoms with Gasteiger partial charge in [-0.15, -0.1) is 11.3 Å². The number of amides is 5. The zero-order valence-corrected chi connectivity index (χ0v) is 37.4. The molecule has 18 heteroatoms. The first-order chi connectivity index (χ1) is 30.0. The van der Waals surface area contributed by atoms with E-state index in [-0.39, 0.29) is 50.7 Å². The third-order valence-electron chi connectivity index (χ3n) is 11.9. The van der Waals surface area contributed by atoms with Gasteiger partial charge in [-0.2, -0.15) is 0 Å². The quantitative estimate of drug-likeness (QED) is 0.181. The number of thiazole rings is 1. The lowest BCUT2D eigenvalue weighted by Gasteiger charge is -2.33. The van der Waals surface area contributed by atoms with Gasteiger partial charge in [0.2, 0.25) is 17.7 Å². The highest BCUT2D eigenvalue weighted by atomic mass is 32.1. The van der Waals surface area contributed by atoms with Crippen LogP contribution in [0, 0.1) is 11.3 Å². The van der Waals surface area contributed by atoms with Crippen molar-refractivity contribution in [2.75, 3.05) is 25.5 Å². The van der Waals surface area contributed by atoms with Gasteiger partial charge >= 0.3 is 12.1 Å². The van der Waals surface area contributed by atoms with Crippen LogP contribution in [0.3, 0.4) is 0 Å². The number of likely N-dealkylation sites (tertiary alicyclic amines) is 1. The van der Waals surface area contributed by atoms with Gasteiger partial charge in [-0.1, -0.05) is 45.8 Å². The van der Waals surface area contributed by atoms with E-state index < -0.39 is 70.9 Å². The smallest absolute Gasteiger partial charge is 0.408 e. The van der Waals surface area contributed by atoms with Crippen LogP contribution in [0.2, 0.25) is 0 Å². The number of imide groups is 1. The highest BCUT2D eigenvalue weighted by molar-refractivity contribution is 7.14. The highest BCUT2D eigenvalue weighted by Gasteiger charge is 2.61. The summed E-state index contributed by atoms with van der Waals surface area (Å²) >= 11 is 1.44. The SMILES string of the molecule is COc1ccc2c(O[C@@H]3C[C@H]4C(=O)N[C@]5(C(=O)O)CC5C=CCCCCC[C@H](NC(=O)O[C@H](C(=O)N5CCCC5=O)C(C)(C)C)C(=O)N4C3)cc(-c3csc(NC(C)C)n3)nc2c1. The molecular weight excluding hydrogens is 831 g/mol. The first kappa shape index (κ1) is 45.3. The number of methoxy groups -OCH3 is 1. The predicted molar refractivity (Wildman–Crippen MR) is 234 cm³/mol. The van der Waals surface area contributed by atoms with Crippen molar-refractivity contribution in [1.82, 2.24) is 30.4 Å². The Labute approximate surface area is 370 Å². The highest BCUT2D eigenvalue weighted by Crippen LogP contribution is 2.46. The predicted octanol–water partition coefficient (Wildman–Crippen LogP) is 5.67. The van der Waals surface area contributed by atoms with Crippen molar-refractivity contribution in [3.8, 4) is 22.9 Å². The number of benzene rings is 1. The summed E-state index contributed by atoms with van der Waals surface area (Å²) in [5, 5.41) is 22.4. The summed E-state index contributed by atoms with van der Waals surface area (Å²) in [4.78, 5) is 93.9. The molecule has 4 aliphatic rings. The number of hydrogen-bond donors (Lipinski definition) is 4. The van der Waals surface area contributed by atoms with Crippen LogP contribution in [0.25, 0.3) is 22.3 Å². The first-order valence-corrected chi connectivity index (χ1v) is 22.6. The second-order valence-electron chi connectivity index (χ2n) is 18.2. The van der Waals surface area contributed by atoms with Gasteiger partial charge in [0, 0.05) is 59.7 Å². The van der Waals surface area contributed by atoms with E-state index in [2.05, 4.69) is 16.0 Å². The van der Waals surface area contributed by atoms with Crippen molar-refractivity contribution in [3.05, 3.63) is 41.8 Å². The topological polar surface area (TPSA) is 219 Å². The third-order valence-corrected chi connectivity index (χ3v) is 12.7. The van der Waals surface area contributed by atoms with Crippen LogP contribution in [0.1, 0.15) is 92.4 Å². The number of hydrogen-bond acceptors (Lipinski definition) is 13. The van der Waals surface area contributed by atoms with Gasteiger partial charge in [0.15, 0.2) is 11.2 Å². The molecule has 1 unspecified atom stereocenters. The Bertz CT molecular complexity index is 2290. The minimum atomic E-state index is -1.53. The van der Waals surface area contributed by atoms with E-state index in [0.717, 1.165) is 16.5 Å². The summed E-state index contributed by atoms with van der Waals surface area (Å²) in [7, 11) is 1.56. The second-order valence-corrected chi connectivity index (χ2v) is 19.0. The monoisotopic (exact) mass is 887 g/mol. The molecule has 3 aliphatic heterocycles. The van der Waals surface area contributed by atoms with Gasteiger partial charge in [-0.25, -0.2) is 19.6 Å². The number of aromatic nitrogens is 2. The van der Waals surface area contributed by atoms with E-state index >= 15 is 0 Å². The molecule has 17 nitrogen and oxygen atoms in total. The Morgan fingerprint density at radius 3 is 2.54 bits per heavy atom. The maximum Gasteiger partial charge on any atom is 0.408 e. The number of fused-ring (bicyclic) bond motifs is 3.